The molecule has 2 aliphatic heterocycles. The van der Waals surface area contributed by atoms with Crippen LogP contribution in [0, 0.1) is 17.8 Å². The SMILES string of the molecule is CCCCCC1CCC(c2ccc(OC(=O)C3CCC(C(=O)Oc4ccc(N5CCN(c6cc7c8c(c9c(c7cc6OC)OC(c6ccc(OC)cc6)(c6ccc(OC)cc6)C=C9)C(C)(C)c6c-8cc(C(F)(F)F)cc6C(F)(F)F)CC5)cc4)CC3)cc2)CC1. The minimum atomic E-state index is -5.14. The lowest BCUT2D eigenvalue weighted by Crippen LogP contribution is -2.46. The molecular formula is C74H76F6N2O8. The molecule has 0 atom stereocenters. The van der Waals surface area contributed by atoms with Crippen LogP contribution < -0.4 is 38.2 Å². The largest absolute Gasteiger partial charge is 0.497 e. The number of esters is 2. The molecule has 5 aliphatic rings. The molecule has 12 rings (SSSR count). The number of halogens is 6. The van der Waals surface area contributed by atoms with Crippen molar-refractivity contribution in [3.05, 3.63) is 172 Å². The van der Waals surface area contributed by atoms with E-state index < -0.39 is 34.5 Å². The molecule has 3 fully saturated rings. The summed E-state index contributed by atoms with van der Waals surface area (Å²) in [6.45, 7) is 7.48. The summed E-state index contributed by atoms with van der Waals surface area (Å²) >= 11 is 0. The number of methoxy groups -OCH3 is 3. The van der Waals surface area contributed by atoms with Crippen LogP contribution in [0.4, 0.5) is 37.7 Å². The topological polar surface area (TPSA) is 96.0 Å². The van der Waals surface area contributed by atoms with Crippen LogP contribution in [0.15, 0.2) is 127 Å². The van der Waals surface area contributed by atoms with E-state index in [0.717, 1.165) is 17.7 Å². The van der Waals surface area contributed by atoms with Gasteiger partial charge >= 0.3 is 24.3 Å². The van der Waals surface area contributed by atoms with Crippen LogP contribution in [0.1, 0.15) is 148 Å². The number of piperazine rings is 1. The third-order valence-electron chi connectivity index (χ3n) is 19.7. The number of carbonyl (C=O) groups excluding carboxylic acids is 2. The first kappa shape index (κ1) is 62.1. The van der Waals surface area contributed by atoms with E-state index in [1.807, 2.05) is 66.7 Å². The molecule has 2 heterocycles. The zero-order valence-corrected chi connectivity index (χ0v) is 51.8. The second kappa shape index (κ2) is 24.9. The third kappa shape index (κ3) is 12.0. The van der Waals surface area contributed by atoms with Crippen LogP contribution >= 0.6 is 0 Å². The van der Waals surface area contributed by atoms with Crippen LogP contribution in [-0.2, 0) is 33.0 Å². The van der Waals surface area contributed by atoms with Crippen molar-refractivity contribution in [1.82, 2.24) is 0 Å². The fourth-order valence-electron chi connectivity index (χ4n) is 14.8. The van der Waals surface area contributed by atoms with Gasteiger partial charge < -0.3 is 38.2 Å². The van der Waals surface area contributed by atoms with Gasteiger partial charge in [0.15, 0.2) is 5.60 Å². The highest BCUT2D eigenvalue weighted by Gasteiger charge is 2.51. The predicted octanol–water partition coefficient (Wildman–Crippen LogP) is 18.1. The number of hydrogen-bond acceptors (Lipinski definition) is 10. The molecule has 472 valence electrons. The number of benzene rings is 7. The molecule has 0 radical (unpaired) electrons. The maximum atomic E-state index is 15.4. The van der Waals surface area contributed by atoms with Gasteiger partial charge in [0.25, 0.3) is 0 Å². The van der Waals surface area contributed by atoms with Crippen molar-refractivity contribution in [2.45, 2.75) is 127 Å². The summed E-state index contributed by atoms with van der Waals surface area (Å²) in [6, 6.07) is 34.8. The normalized spacial score (nSPS) is 20.1. The van der Waals surface area contributed by atoms with Crippen LogP contribution in [0.5, 0.6) is 34.5 Å². The molecule has 3 aliphatic carbocycles. The number of hydrogen-bond donors (Lipinski definition) is 0. The van der Waals surface area contributed by atoms with Gasteiger partial charge in [0.05, 0.1) is 50.0 Å². The van der Waals surface area contributed by atoms with E-state index in [0.29, 0.717) is 131 Å². The summed E-state index contributed by atoms with van der Waals surface area (Å²) < 4.78 is 127. The van der Waals surface area contributed by atoms with Crippen LogP contribution in [0.2, 0.25) is 0 Å². The molecule has 16 heteroatoms. The summed E-state index contributed by atoms with van der Waals surface area (Å²) in [6.07, 6.45) is 5.73. The number of ether oxygens (including phenoxy) is 6. The van der Waals surface area contributed by atoms with E-state index in [-0.39, 0.29) is 46.5 Å². The van der Waals surface area contributed by atoms with Gasteiger partial charge in [-0.2, -0.15) is 26.3 Å². The second-order valence-corrected chi connectivity index (χ2v) is 25.4. The Labute approximate surface area is 522 Å². The third-order valence-corrected chi connectivity index (χ3v) is 19.7. The summed E-state index contributed by atoms with van der Waals surface area (Å²) in [5.74, 6) is 3.03. The van der Waals surface area contributed by atoms with Gasteiger partial charge in [-0.3, -0.25) is 9.59 Å². The van der Waals surface area contributed by atoms with Gasteiger partial charge in [-0.05, 0) is 187 Å². The minimum Gasteiger partial charge on any atom is -0.497 e. The first-order valence-electron chi connectivity index (χ1n) is 31.6. The van der Waals surface area contributed by atoms with Crippen molar-refractivity contribution >= 4 is 40.2 Å². The first-order valence-corrected chi connectivity index (χ1v) is 31.6. The zero-order chi connectivity index (χ0) is 63.3. The second-order valence-electron chi connectivity index (χ2n) is 25.4. The van der Waals surface area contributed by atoms with Crippen molar-refractivity contribution < 1.29 is 64.4 Å². The van der Waals surface area contributed by atoms with E-state index in [4.69, 9.17) is 28.4 Å². The standard InChI is InChI=1S/C74H76F6N2O8/c1-7-8-9-10-45-11-13-46(14-12-45)47-19-27-56(28-20-47)88-69(83)48-15-17-49(18-16-48)70(84)89-57-33-25-53(26-34-57)81-37-39-82(40-38-81)63-43-59-60(44-64(63)87-6)68-58(67-65(59)61-41-52(73(75,76)77)42-62(74(78,79)80)66(61)71(67,2)3)35-36-72(90-68,50-21-29-54(85-4)30-22-50)51-23-31-55(86-5)32-24-51/h19-36,41-46,48-49H,7-18,37-40H2,1-6H3. The molecule has 0 N–H and O–H groups in total. The summed E-state index contributed by atoms with van der Waals surface area (Å²) in [7, 11) is 4.65. The molecule has 0 bridgehead atoms. The van der Waals surface area contributed by atoms with Gasteiger partial charge in [0, 0.05) is 59.4 Å². The number of carbonyl (C=O) groups is 2. The monoisotopic (exact) mass is 1230 g/mol. The highest BCUT2D eigenvalue weighted by atomic mass is 19.4. The van der Waals surface area contributed by atoms with Gasteiger partial charge in [-0.25, -0.2) is 0 Å². The molecule has 7 aromatic rings. The molecule has 10 nitrogen and oxygen atoms in total. The van der Waals surface area contributed by atoms with Gasteiger partial charge in [-0.1, -0.05) is 88.9 Å². The Morgan fingerprint density at radius 2 is 1.13 bits per heavy atom. The smallest absolute Gasteiger partial charge is 0.416 e. The number of anilines is 2. The number of fused-ring (bicyclic) bond motifs is 8. The number of rotatable bonds is 16. The summed E-state index contributed by atoms with van der Waals surface area (Å²) in [5.41, 5.74) is -0.705. The predicted molar refractivity (Wildman–Crippen MR) is 337 cm³/mol. The maximum Gasteiger partial charge on any atom is 0.416 e. The Kier molecular flexibility index (Phi) is 17.2. The molecule has 1 saturated heterocycles. The Morgan fingerprint density at radius 1 is 0.589 bits per heavy atom. The molecule has 90 heavy (non-hydrogen) atoms. The summed E-state index contributed by atoms with van der Waals surface area (Å²) in [4.78, 5) is 31.1. The Bertz CT molecular complexity index is 3750. The average molecular weight is 1240 g/mol. The molecule has 0 spiro atoms. The fourth-order valence-corrected chi connectivity index (χ4v) is 14.8. The first-order chi connectivity index (χ1) is 43.2. The average Bonchev–Trinajstić information content (AvgIpc) is 1.46. The van der Waals surface area contributed by atoms with Crippen LogP contribution in [0.3, 0.4) is 0 Å². The van der Waals surface area contributed by atoms with Crippen molar-refractivity contribution in [3.8, 4) is 45.6 Å². The summed E-state index contributed by atoms with van der Waals surface area (Å²) in [5, 5.41) is 0.825. The lowest BCUT2D eigenvalue weighted by molar-refractivity contribution is -0.145. The lowest BCUT2D eigenvalue weighted by atomic mass is 9.75. The van der Waals surface area contributed by atoms with Crippen molar-refractivity contribution in [2.24, 2.45) is 17.8 Å². The Balaban J connectivity index is 0.765. The van der Waals surface area contributed by atoms with Crippen LogP contribution in [0.25, 0.3) is 28.0 Å². The number of alkyl halides is 6. The fraction of sp³-hybridized carbons (Fsp3) is 0.405. The van der Waals surface area contributed by atoms with Gasteiger partial charge in [0.2, 0.25) is 0 Å². The highest BCUT2D eigenvalue weighted by molar-refractivity contribution is 6.10. The van der Waals surface area contributed by atoms with Crippen molar-refractivity contribution in [1.29, 1.82) is 0 Å². The van der Waals surface area contributed by atoms with E-state index >= 15 is 13.2 Å². The Hall–Kier alpha value is -8.14. The van der Waals surface area contributed by atoms with Crippen molar-refractivity contribution in [2.75, 3.05) is 57.3 Å². The molecule has 0 aromatic heterocycles. The quantitative estimate of drug-likeness (QED) is 0.0403. The van der Waals surface area contributed by atoms with Gasteiger partial charge in [0.1, 0.15) is 34.5 Å². The highest BCUT2D eigenvalue weighted by Crippen LogP contribution is 2.62. The molecule has 2 saturated carbocycles. The van der Waals surface area contributed by atoms with E-state index in [2.05, 4.69) is 28.9 Å². The number of nitrogens with zero attached hydrogens (tertiary/aromatic N) is 2. The Morgan fingerprint density at radius 3 is 1.66 bits per heavy atom. The maximum absolute atomic E-state index is 15.4. The molecule has 0 amide bonds. The van der Waals surface area contributed by atoms with Crippen molar-refractivity contribution in [3.63, 3.8) is 0 Å². The molecule has 0 unspecified atom stereocenters. The lowest BCUT2D eigenvalue weighted by Gasteiger charge is -2.39. The van der Waals surface area contributed by atoms with E-state index in [1.165, 1.54) is 64.0 Å². The van der Waals surface area contributed by atoms with Gasteiger partial charge in [-0.15, -0.1) is 0 Å². The van der Waals surface area contributed by atoms with E-state index in [1.54, 1.807) is 70.5 Å². The number of unbranched alkanes of at least 4 members (excludes halogenated alkanes) is 2. The molecular weight excluding hydrogens is 1160 g/mol. The van der Waals surface area contributed by atoms with E-state index in [9.17, 15) is 22.8 Å². The van der Waals surface area contributed by atoms with Crippen LogP contribution in [-0.4, -0.2) is 59.4 Å². The molecule has 7 aromatic carbocycles. The minimum absolute atomic E-state index is 0.156. The zero-order valence-electron chi connectivity index (χ0n) is 51.8.